The van der Waals surface area contributed by atoms with Crippen molar-refractivity contribution in [2.45, 2.75) is 26.4 Å². The molecule has 3 rings (SSSR count). The molecule has 0 saturated carbocycles. The van der Waals surface area contributed by atoms with Gasteiger partial charge in [0.1, 0.15) is 24.0 Å². The lowest BCUT2D eigenvalue weighted by Crippen LogP contribution is -2.23. The van der Waals surface area contributed by atoms with E-state index < -0.39 is 11.4 Å². The number of pyridine rings is 1. The van der Waals surface area contributed by atoms with Crippen molar-refractivity contribution in [1.82, 2.24) is 19.3 Å². The van der Waals surface area contributed by atoms with Crippen LogP contribution in [0.15, 0.2) is 60.2 Å². The van der Waals surface area contributed by atoms with Gasteiger partial charge in [-0.05, 0) is 26.0 Å². The van der Waals surface area contributed by atoms with Gasteiger partial charge in [0.15, 0.2) is 5.75 Å². The van der Waals surface area contributed by atoms with Gasteiger partial charge in [-0.15, -0.1) is 0 Å². The minimum atomic E-state index is -0.678. The Kier molecular flexibility index (Phi) is 5.65. The van der Waals surface area contributed by atoms with Crippen LogP contribution in [-0.4, -0.2) is 31.9 Å². The van der Waals surface area contributed by atoms with Crippen molar-refractivity contribution in [2.75, 3.05) is 6.61 Å². The predicted molar refractivity (Wildman–Crippen MR) is 97.9 cm³/mol. The third-order valence-electron chi connectivity index (χ3n) is 3.88. The van der Waals surface area contributed by atoms with Crippen molar-refractivity contribution in [2.24, 2.45) is 0 Å². The highest BCUT2D eigenvalue weighted by Gasteiger charge is 2.18. The molecule has 0 aliphatic carbocycles. The zero-order valence-electron chi connectivity index (χ0n) is 15.1. The standard InChI is InChI=1S/C19H20N4O4/c1-3-26-19(25)16-10-22(9-14(2)23-13-20-12-21-23)11-17(18(16)24)27-15-7-5-4-6-8-15/h4-8,10-14H,3,9H2,1-2H3/t14-/m1/s1. The van der Waals surface area contributed by atoms with Crippen LogP contribution in [0.4, 0.5) is 0 Å². The SMILES string of the molecule is CCOC(=O)c1cn(C[C@@H](C)n2cncn2)cc(Oc2ccccc2)c1=O. The van der Waals surface area contributed by atoms with E-state index in [1.807, 2.05) is 13.0 Å². The molecule has 140 valence electrons. The highest BCUT2D eigenvalue weighted by Crippen LogP contribution is 2.19. The Labute approximate surface area is 156 Å². The quantitative estimate of drug-likeness (QED) is 0.596. The maximum absolute atomic E-state index is 12.7. The summed E-state index contributed by atoms with van der Waals surface area (Å²) in [6, 6.07) is 8.87. The fraction of sp³-hybridized carbons (Fsp3) is 0.263. The first kappa shape index (κ1) is 18.4. The molecule has 0 unspecified atom stereocenters. The van der Waals surface area contributed by atoms with Crippen LogP contribution in [0.5, 0.6) is 11.5 Å². The number of carbonyl (C=O) groups is 1. The average Bonchev–Trinajstić information content (AvgIpc) is 3.20. The molecule has 0 amide bonds. The molecule has 2 aromatic heterocycles. The molecule has 0 radical (unpaired) electrons. The zero-order valence-corrected chi connectivity index (χ0v) is 15.1. The number of esters is 1. The fourth-order valence-corrected chi connectivity index (χ4v) is 2.59. The fourth-order valence-electron chi connectivity index (χ4n) is 2.59. The van der Waals surface area contributed by atoms with Gasteiger partial charge in [-0.1, -0.05) is 18.2 Å². The molecule has 3 aromatic rings. The molecule has 0 saturated heterocycles. The van der Waals surface area contributed by atoms with Crippen LogP contribution in [0, 0.1) is 0 Å². The van der Waals surface area contributed by atoms with Gasteiger partial charge in [-0.2, -0.15) is 5.10 Å². The van der Waals surface area contributed by atoms with E-state index in [9.17, 15) is 9.59 Å². The number of benzene rings is 1. The summed E-state index contributed by atoms with van der Waals surface area (Å²) in [7, 11) is 0. The monoisotopic (exact) mass is 368 g/mol. The highest BCUT2D eigenvalue weighted by molar-refractivity contribution is 5.89. The Hall–Kier alpha value is -3.42. The molecule has 0 spiro atoms. The smallest absolute Gasteiger partial charge is 0.343 e. The van der Waals surface area contributed by atoms with Crippen molar-refractivity contribution >= 4 is 5.97 Å². The molecule has 1 aromatic carbocycles. The van der Waals surface area contributed by atoms with Crippen LogP contribution >= 0.6 is 0 Å². The van der Waals surface area contributed by atoms with Crippen molar-refractivity contribution in [3.8, 4) is 11.5 Å². The van der Waals surface area contributed by atoms with Crippen LogP contribution in [0.2, 0.25) is 0 Å². The number of rotatable bonds is 7. The lowest BCUT2D eigenvalue weighted by Gasteiger charge is -2.16. The predicted octanol–water partition coefficient (Wildman–Crippen LogP) is 2.67. The van der Waals surface area contributed by atoms with Crippen LogP contribution < -0.4 is 10.2 Å². The minimum Gasteiger partial charge on any atom is -0.462 e. The number of para-hydroxylation sites is 1. The third kappa shape index (κ3) is 4.41. The number of ether oxygens (including phenoxy) is 2. The average molecular weight is 368 g/mol. The lowest BCUT2D eigenvalue weighted by molar-refractivity contribution is 0.0523. The molecule has 0 N–H and O–H groups in total. The molecule has 2 heterocycles. The van der Waals surface area contributed by atoms with E-state index in [0.29, 0.717) is 12.3 Å². The van der Waals surface area contributed by atoms with Crippen molar-refractivity contribution in [1.29, 1.82) is 0 Å². The molecule has 0 bridgehead atoms. The van der Waals surface area contributed by atoms with Gasteiger partial charge >= 0.3 is 5.97 Å². The number of hydrogen-bond acceptors (Lipinski definition) is 6. The van der Waals surface area contributed by atoms with Crippen molar-refractivity contribution < 1.29 is 14.3 Å². The van der Waals surface area contributed by atoms with E-state index in [4.69, 9.17) is 9.47 Å². The summed E-state index contributed by atoms with van der Waals surface area (Å²) in [5.41, 5.74) is -0.585. The summed E-state index contributed by atoms with van der Waals surface area (Å²) in [6.07, 6.45) is 6.12. The van der Waals surface area contributed by atoms with Crippen molar-refractivity contribution in [3.63, 3.8) is 0 Å². The molecule has 1 atom stereocenters. The Morgan fingerprint density at radius 3 is 2.67 bits per heavy atom. The summed E-state index contributed by atoms with van der Waals surface area (Å²) >= 11 is 0. The maximum atomic E-state index is 12.7. The summed E-state index contributed by atoms with van der Waals surface area (Å²) in [5, 5.41) is 4.11. The molecule has 27 heavy (non-hydrogen) atoms. The van der Waals surface area contributed by atoms with Gasteiger partial charge in [0.2, 0.25) is 5.43 Å². The first-order chi connectivity index (χ1) is 13.1. The van der Waals surface area contributed by atoms with E-state index in [-0.39, 0.29) is 24.0 Å². The Morgan fingerprint density at radius 1 is 1.22 bits per heavy atom. The number of aromatic nitrogens is 4. The largest absolute Gasteiger partial charge is 0.462 e. The molecule has 0 fully saturated rings. The second kappa shape index (κ2) is 8.31. The molecule has 0 aliphatic heterocycles. The molecule has 8 heteroatoms. The Balaban J connectivity index is 1.97. The van der Waals surface area contributed by atoms with E-state index in [1.165, 1.54) is 12.5 Å². The first-order valence-electron chi connectivity index (χ1n) is 8.56. The van der Waals surface area contributed by atoms with E-state index in [1.54, 1.807) is 53.0 Å². The number of carbonyl (C=O) groups excluding carboxylic acids is 1. The zero-order chi connectivity index (χ0) is 19.2. The molecule has 0 aliphatic rings. The van der Waals surface area contributed by atoms with Gasteiger partial charge in [0, 0.05) is 12.7 Å². The Bertz CT molecular complexity index is 952. The Morgan fingerprint density at radius 2 is 2.00 bits per heavy atom. The first-order valence-corrected chi connectivity index (χ1v) is 8.56. The molecular formula is C19H20N4O4. The molecule has 8 nitrogen and oxygen atoms in total. The maximum Gasteiger partial charge on any atom is 0.343 e. The number of hydrogen-bond donors (Lipinski definition) is 0. The van der Waals surface area contributed by atoms with E-state index >= 15 is 0 Å². The van der Waals surface area contributed by atoms with Gasteiger partial charge in [-0.3, -0.25) is 4.79 Å². The number of nitrogens with zero attached hydrogens (tertiary/aromatic N) is 4. The van der Waals surface area contributed by atoms with Crippen LogP contribution in [0.1, 0.15) is 30.2 Å². The summed E-state index contributed by atoms with van der Waals surface area (Å²) in [6.45, 7) is 4.28. The van der Waals surface area contributed by atoms with Gasteiger partial charge < -0.3 is 14.0 Å². The second-order valence-corrected chi connectivity index (χ2v) is 5.92. The van der Waals surface area contributed by atoms with E-state index in [0.717, 1.165) is 0 Å². The normalized spacial score (nSPS) is 11.8. The minimum absolute atomic E-state index is 0.0466. The van der Waals surface area contributed by atoms with Crippen molar-refractivity contribution in [3.05, 3.63) is 71.2 Å². The molecular weight excluding hydrogens is 348 g/mol. The second-order valence-electron chi connectivity index (χ2n) is 5.92. The van der Waals surface area contributed by atoms with Crippen LogP contribution in [0.25, 0.3) is 0 Å². The van der Waals surface area contributed by atoms with Gasteiger partial charge in [0.05, 0.1) is 18.8 Å². The van der Waals surface area contributed by atoms with E-state index in [2.05, 4.69) is 10.1 Å². The van der Waals surface area contributed by atoms with Gasteiger partial charge in [0.25, 0.3) is 0 Å². The highest BCUT2D eigenvalue weighted by atomic mass is 16.5. The lowest BCUT2D eigenvalue weighted by atomic mass is 10.2. The van der Waals surface area contributed by atoms with Crippen LogP contribution in [-0.2, 0) is 11.3 Å². The summed E-state index contributed by atoms with van der Waals surface area (Å²) in [5.74, 6) is -0.118. The van der Waals surface area contributed by atoms with Gasteiger partial charge in [-0.25, -0.2) is 14.5 Å². The summed E-state index contributed by atoms with van der Waals surface area (Å²) < 4.78 is 14.1. The topological polar surface area (TPSA) is 88.2 Å². The third-order valence-corrected chi connectivity index (χ3v) is 3.88. The van der Waals surface area contributed by atoms with Crippen LogP contribution in [0.3, 0.4) is 0 Å². The summed E-state index contributed by atoms with van der Waals surface area (Å²) in [4.78, 5) is 28.8.